The molecule has 3 aromatic carbocycles. The Morgan fingerprint density at radius 2 is 1.67 bits per heavy atom. The molecule has 0 spiro atoms. The first-order valence-corrected chi connectivity index (χ1v) is 11.6. The average Bonchev–Trinajstić information content (AvgIpc) is 3.27. The number of methoxy groups -OCH3 is 1. The van der Waals surface area contributed by atoms with Crippen molar-refractivity contribution in [3.05, 3.63) is 112 Å². The van der Waals surface area contributed by atoms with Crippen molar-refractivity contribution in [1.82, 2.24) is 14.3 Å². The van der Waals surface area contributed by atoms with E-state index < -0.39 is 0 Å². The lowest BCUT2D eigenvalue weighted by Crippen LogP contribution is -2.22. The summed E-state index contributed by atoms with van der Waals surface area (Å²) in [6.45, 7) is 4.15. The van der Waals surface area contributed by atoms with Gasteiger partial charge in [0.25, 0.3) is 5.56 Å². The number of hydrogen-bond acceptors (Lipinski definition) is 5. The van der Waals surface area contributed by atoms with Crippen molar-refractivity contribution >= 4 is 22.8 Å². The number of aryl methyl sites for hydroxylation is 2. The van der Waals surface area contributed by atoms with Crippen LogP contribution in [0, 0.1) is 13.8 Å². The minimum atomic E-state index is -0.267. The van der Waals surface area contributed by atoms with Crippen molar-refractivity contribution in [3.8, 4) is 17.3 Å². The first kappa shape index (κ1) is 23.1. The standard InChI is InChI=1S/C29H26N4O3/c1-19-8-12-22(13-9-19)33-27(16-20(2)31-33)30-17-26-24-6-4-5-7-25(24)28(34)32(29(26)35)18-21-10-14-23(36-3)15-11-21/h4-17,35H,18H2,1-3H3. The van der Waals surface area contributed by atoms with Gasteiger partial charge in [0.15, 0.2) is 5.82 Å². The summed E-state index contributed by atoms with van der Waals surface area (Å²) in [5.41, 5.74) is 3.92. The van der Waals surface area contributed by atoms with Gasteiger partial charge in [-0.25, -0.2) is 9.67 Å². The van der Waals surface area contributed by atoms with Crippen LogP contribution in [0.1, 0.15) is 22.4 Å². The molecular formula is C29H26N4O3. The molecular weight excluding hydrogens is 452 g/mol. The summed E-state index contributed by atoms with van der Waals surface area (Å²) < 4.78 is 8.36. The number of rotatable bonds is 6. The molecule has 0 atom stereocenters. The molecule has 0 amide bonds. The van der Waals surface area contributed by atoms with E-state index in [1.807, 2.05) is 86.6 Å². The van der Waals surface area contributed by atoms with Crippen LogP contribution in [0.5, 0.6) is 11.6 Å². The first-order chi connectivity index (χ1) is 17.4. The van der Waals surface area contributed by atoms with Crippen LogP contribution in [0.2, 0.25) is 0 Å². The molecule has 5 aromatic rings. The number of aliphatic imine (C=N–C) groups is 1. The highest BCUT2D eigenvalue weighted by molar-refractivity contribution is 6.02. The molecule has 0 fully saturated rings. The van der Waals surface area contributed by atoms with Gasteiger partial charge in [0.2, 0.25) is 5.88 Å². The lowest BCUT2D eigenvalue weighted by Gasteiger charge is -2.14. The lowest BCUT2D eigenvalue weighted by atomic mass is 10.1. The molecule has 0 bridgehead atoms. The SMILES string of the molecule is COc1ccc(Cn2c(O)c(C=Nc3cc(C)nn3-c3ccc(C)cc3)c3ccccc3c2=O)cc1. The molecule has 7 nitrogen and oxygen atoms in total. The molecule has 180 valence electrons. The molecule has 1 N–H and O–H groups in total. The molecule has 5 rings (SSSR count). The number of nitrogens with zero attached hydrogens (tertiary/aromatic N) is 4. The van der Waals surface area contributed by atoms with Crippen molar-refractivity contribution < 1.29 is 9.84 Å². The summed E-state index contributed by atoms with van der Waals surface area (Å²) >= 11 is 0. The fourth-order valence-corrected chi connectivity index (χ4v) is 4.18. The van der Waals surface area contributed by atoms with Crippen LogP contribution in [-0.4, -0.2) is 32.8 Å². The summed E-state index contributed by atoms with van der Waals surface area (Å²) in [6, 6.07) is 24.5. The summed E-state index contributed by atoms with van der Waals surface area (Å²) in [5.74, 6) is 1.20. The number of pyridine rings is 1. The predicted octanol–water partition coefficient (Wildman–Crippen LogP) is 5.32. The van der Waals surface area contributed by atoms with Gasteiger partial charge in [-0.2, -0.15) is 5.10 Å². The summed E-state index contributed by atoms with van der Waals surface area (Å²) in [5, 5.41) is 17.0. The van der Waals surface area contributed by atoms with Gasteiger partial charge in [0.1, 0.15) is 5.75 Å². The zero-order valence-corrected chi connectivity index (χ0v) is 20.3. The molecule has 2 aromatic heterocycles. The van der Waals surface area contributed by atoms with Gasteiger partial charge in [-0.1, -0.05) is 48.0 Å². The number of hydrogen-bond donors (Lipinski definition) is 1. The molecule has 0 aliphatic rings. The monoisotopic (exact) mass is 478 g/mol. The topological polar surface area (TPSA) is 81.6 Å². The number of benzene rings is 3. The second-order valence-electron chi connectivity index (χ2n) is 8.67. The highest BCUT2D eigenvalue weighted by Crippen LogP contribution is 2.26. The zero-order valence-electron chi connectivity index (χ0n) is 20.3. The van der Waals surface area contributed by atoms with Crippen LogP contribution < -0.4 is 10.3 Å². The second kappa shape index (κ2) is 9.54. The van der Waals surface area contributed by atoms with E-state index in [1.54, 1.807) is 24.1 Å². The van der Waals surface area contributed by atoms with Crippen LogP contribution in [0.15, 0.2) is 88.6 Å². The Bertz CT molecular complexity index is 1630. The van der Waals surface area contributed by atoms with Crippen molar-refractivity contribution in [2.45, 2.75) is 20.4 Å². The Labute approximate surface area is 208 Å². The largest absolute Gasteiger partial charge is 0.497 e. The Balaban J connectivity index is 1.61. The molecule has 0 saturated carbocycles. The van der Waals surface area contributed by atoms with E-state index in [1.165, 1.54) is 4.57 Å². The van der Waals surface area contributed by atoms with Crippen molar-refractivity contribution in [2.24, 2.45) is 4.99 Å². The van der Waals surface area contributed by atoms with E-state index in [4.69, 9.17) is 9.73 Å². The third-order valence-electron chi connectivity index (χ3n) is 6.11. The van der Waals surface area contributed by atoms with E-state index in [2.05, 4.69) is 5.10 Å². The highest BCUT2D eigenvalue weighted by atomic mass is 16.5. The Morgan fingerprint density at radius 1 is 0.972 bits per heavy atom. The average molecular weight is 479 g/mol. The van der Waals surface area contributed by atoms with Crippen molar-refractivity contribution in [2.75, 3.05) is 7.11 Å². The summed E-state index contributed by atoms with van der Waals surface area (Å²) in [6.07, 6.45) is 1.60. The minimum Gasteiger partial charge on any atom is -0.497 e. The number of aromatic hydroxyl groups is 1. The van der Waals surface area contributed by atoms with Gasteiger partial charge < -0.3 is 9.84 Å². The molecule has 36 heavy (non-hydrogen) atoms. The van der Waals surface area contributed by atoms with E-state index in [-0.39, 0.29) is 18.0 Å². The van der Waals surface area contributed by atoms with E-state index in [9.17, 15) is 9.90 Å². The van der Waals surface area contributed by atoms with E-state index >= 15 is 0 Å². The number of fused-ring (bicyclic) bond motifs is 1. The lowest BCUT2D eigenvalue weighted by molar-refractivity contribution is 0.412. The maximum atomic E-state index is 13.3. The van der Waals surface area contributed by atoms with Gasteiger partial charge in [-0.3, -0.25) is 9.36 Å². The number of ether oxygens (including phenoxy) is 1. The highest BCUT2D eigenvalue weighted by Gasteiger charge is 2.16. The third kappa shape index (κ3) is 4.38. The van der Waals surface area contributed by atoms with Gasteiger partial charge >= 0.3 is 0 Å². The van der Waals surface area contributed by atoms with E-state index in [0.717, 1.165) is 28.3 Å². The molecule has 7 heteroatoms. The first-order valence-electron chi connectivity index (χ1n) is 11.6. The second-order valence-corrected chi connectivity index (χ2v) is 8.67. The van der Waals surface area contributed by atoms with Crippen molar-refractivity contribution in [1.29, 1.82) is 0 Å². The third-order valence-corrected chi connectivity index (χ3v) is 6.11. The van der Waals surface area contributed by atoms with E-state index in [0.29, 0.717) is 22.2 Å². The van der Waals surface area contributed by atoms with Crippen LogP contribution in [0.4, 0.5) is 5.82 Å². The van der Waals surface area contributed by atoms with Gasteiger partial charge in [-0.15, -0.1) is 0 Å². The molecule has 0 aliphatic heterocycles. The fraction of sp³-hybridized carbons (Fsp3) is 0.138. The maximum Gasteiger partial charge on any atom is 0.261 e. The van der Waals surface area contributed by atoms with Gasteiger partial charge in [0, 0.05) is 23.1 Å². The van der Waals surface area contributed by atoms with Crippen LogP contribution in [0.3, 0.4) is 0 Å². The summed E-state index contributed by atoms with van der Waals surface area (Å²) in [7, 11) is 1.60. The predicted molar refractivity (Wildman–Crippen MR) is 142 cm³/mol. The molecule has 0 saturated heterocycles. The smallest absolute Gasteiger partial charge is 0.261 e. The zero-order chi connectivity index (χ0) is 25.2. The quantitative estimate of drug-likeness (QED) is 0.335. The van der Waals surface area contributed by atoms with Crippen molar-refractivity contribution in [3.63, 3.8) is 0 Å². The normalized spacial score (nSPS) is 11.4. The maximum absolute atomic E-state index is 13.3. The molecule has 0 aliphatic carbocycles. The fourth-order valence-electron chi connectivity index (χ4n) is 4.18. The summed E-state index contributed by atoms with van der Waals surface area (Å²) in [4.78, 5) is 18.0. The Hall–Kier alpha value is -4.65. The van der Waals surface area contributed by atoms with Crippen LogP contribution in [-0.2, 0) is 6.54 Å². The molecule has 2 heterocycles. The molecule has 0 radical (unpaired) electrons. The van der Waals surface area contributed by atoms with Gasteiger partial charge in [-0.05, 0) is 49.7 Å². The Morgan fingerprint density at radius 3 is 2.36 bits per heavy atom. The Kier molecular flexibility index (Phi) is 6.12. The number of aromatic nitrogens is 3. The molecule has 0 unspecified atom stereocenters. The van der Waals surface area contributed by atoms with Crippen LogP contribution >= 0.6 is 0 Å². The van der Waals surface area contributed by atoms with Crippen LogP contribution in [0.25, 0.3) is 16.5 Å². The minimum absolute atomic E-state index is 0.142. The van der Waals surface area contributed by atoms with Gasteiger partial charge in [0.05, 0.1) is 30.6 Å².